The molecule has 1 aromatic rings. The van der Waals surface area contributed by atoms with E-state index < -0.39 is 0 Å². The van der Waals surface area contributed by atoms with Crippen molar-refractivity contribution in [2.24, 2.45) is 0 Å². The molecule has 1 aromatic carbocycles. The SMILES string of the molecule is CN(C(=O)c1ccc(Cl)cc1O)C1CCC1. The van der Waals surface area contributed by atoms with Crippen molar-refractivity contribution in [2.45, 2.75) is 25.3 Å². The second-order valence-corrected chi connectivity index (χ2v) is 4.60. The summed E-state index contributed by atoms with van der Waals surface area (Å²) in [4.78, 5) is 13.7. The Morgan fingerprint density at radius 1 is 1.50 bits per heavy atom. The number of phenols is 1. The third-order valence-electron chi connectivity index (χ3n) is 3.13. The number of hydrogen-bond acceptors (Lipinski definition) is 2. The maximum absolute atomic E-state index is 12.0. The number of halogens is 1. The van der Waals surface area contributed by atoms with Crippen molar-refractivity contribution >= 4 is 17.5 Å². The summed E-state index contributed by atoms with van der Waals surface area (Å²) >= 11 is 5.72. The Bertz CT molecular complexity index is 415. The monoisotopic (exact) mass is 239 g/mol. The van der Waals surface area contributed by atoms with Crippen LogP contribution in [0.3, 0.4) is 0 Å². The number of phenolic OH excluding ortho intramolecular Hbond substituents is 1. The lowest BCUT2D eigenvalue weighted by Crippen LogP contribution is -2.41. The van der Waals surface area contributed by atoms with Crippen LogP contribution >= 0.6 is 11.6 Å². The fraction of sp³-hybridized carbons (Fsp3) is 0.417. The van der Waals surface area contributed by atoms with E-state index in [0.29, 0.717) is 16.6 Å². The quantitative estimate of drug-likeness (QED) is 0.862. The molecule has 2 rings (SSSR count). The summed E-state index contributed by atoms with van der Waals surface area (Å²) in [5.74, 6) is -0.192. The summed E-state index contributed by atoms with van der Waals surface area (Å²) in [6.45, 7) is 0. The van der Waals surface area contributed by atoms with Crippen LogP contribution in [0.2, 0.25) is 5.02 Å². The van der Waals surface area contributed by atoms with Gasteiger partial charge in [-0.25, -0.2) is 0 Å². The second kappa shape index (κ2) is 4.34. The number of amides is 1. The molecule has 0 radical (unpaired) electrons. The van der Waals surface area contributed by atoms with Crippen LogP contribution in [0.4, 0.5) is 0 Å². The summed E-state index contributed by atoms with van der Waals surface area (Å²) < 4.78 is 0. The topological polar surface area (TPSA) is 40.5 Å². The van der Waals surface area contributed by atoms with Crippen LogP contribution in [0.1, 0.15) is 29.6 Å². The molecule has 1 fully saturated rings. The Morgan fingerprint density at radius 2 is 2.19 bits per heavy atom. The fourth-order valence-electron chi connectivity index (χ4n) is 1.82. The third kappa shape index (κ3) is 2.00. The van der Waals surface area contributed by atoms with Crippen LogP contribution in [0.5, 0.6) is 5.75 Å². The molecule has 86 valence electrons. The van der Waals surface area contributed by atoms with Crippen molar-refractivity contribution in [2.75, 3.05) is 7.05 Å². The summed E-state index contributed by atoms with van der Waals surface area (Å²) in [6, 6.07) is 4.89. The Kier molecular flexibility index (Phi) is 3.06. The number of nitrogens with zero attached hydrogens (tertiary/aromatic N) is 1. The molecule has 0 saturated heterocycles. The zero-order valence-electron chi connectivity index (χ0n) is 9.11. The molecule has 4 heteroatoms. The predicted octanol–water partition coefficient (Wildman–Crippen LogP) is 2.67. The van der Waals surface area contributed by atoms with E-state index in [0.717, 1.165) is 12.8 Å². The molecule has 0 unspecified atom stereocenters. The van der Waals surface area contributed by atoms with Crippen LogP contribution < -0.4 is 0 Å². The number of benzene rings is 1. The second-order valence-electron chi connectivity index (χ2n) is 4.16. The van der Waals surface area contributed by atoms with E-state index in [1.54, 1.807) is 24.1 Å². The van der Waals surface area contributed by atoms with Gasteiger partial charge in [0.15, 0.2) is 0 Å². The van der Waals surface area contributed by atoms with Crippen LogP contribution in [0, 0.1) is 0 Å². The number of aromatic hydroxyl groups is 1. The van der Waals surface area contributed by atoms with Gasteiger partial charge in [-0.2, -0.15) is 0 Å². The van der Waals surface area contributed by atoms with Gasteiger partial charge in [0.05, 0.1) is 5.56 Å². The standard InChI is InChI=1S/C12H14ClNO2/c1-14(9-3-2-4-9)12(16)10-6-5-8(13)7-11(10)15/h5-7,9,15H,2-4H2,1H3. The highest BCUT2D eigenvalue weighted by molar-refractivity contribution is 6.30. The van der Waals surface area contributed by atoms with Gasteiger partial charge in [-0.1, -0.05) is 11.6 Å². The van der Waals surface area contributed by atoms with E-state index in [9.17, 15) is 9.90 Å². The van der Waals surface area contributed by atoms with Crippen molar-refractivity contribution in [3.05, 3.63) is 28.8 Å². The lowest BCUT2D eigenvalue weighted by molar-refractivity contribution is 0.0649. The van der Waals surface area contributed by atoms with Gasteiger partial charge in [0, 0.05) is 18.1 Å². The molecule has 1 saturated carbocycles. The third-order valence-corrected chi connectivity index (χ3v) is 3.37. The lowest BCUT2D eigenvalue weighted by atomic mass is 9.91. The van der Waals surface area contributed by atoms with Crippen LogP contribution in [0.15, 0.2) is 18.2 Å². The summed E-state index contributed by atoms with van der Waals surface area (Å²) in [7, 11) is 1.78. The van der Waals surface area contributed by atoms with Crippen molar-refractivity contribution in [3.63, 3.8) is 0 Å². The summed E-state index contributed by atoms with van der Waals surface area (Å²) in [5.41, 5.74) is 0.318. The number of rotatable bonds is 2. The van der Waals surface area contributed by atoms with Gasteiger partial charge in [-0.05, 0) is 37.5 Å². The molecule has 0 atom stereocenters. The summed E-state index contributed by atoms with van der Waals surface area (Å²) in [6.07, 6.45) is 3.28. The van der Waals surface area contributed by atoms with Crippen LogP contribution in [-0.4, -0.2) is 29.0 Å². The number of carbonyl (C=O) groups is 1. The zero-order chi connectivity index (χ0) is 11.7. The van der Waals surface area contributed by atoms with E-state index in [1.165, 1.54) is 12.5 Å². The average molecular weight is 240 g/mol. The smallest absolute Gasteiger partial charge is 0.257 e. The highest BCUT2D eigenvalue weighted by atomic mass is 35.5. The van der Waals surface area contributed by atoms with Crippen molar-refractivity contribution < 1.29 is 9.90 Å². The maximum Gasteiger partial charge on any atom is 0.257 e. The molecule has 3 nitrogen and oxygen atoms in total. The van der Waals surface area contributed by atoms with E-state index in [-0.39, 0.29) is 11.7 Å². The largest absolute Gasteiger partial charge is 0.507 e. The average Bonchev–Trinajstić information content (AvgIpc) is 2.14. The molecule has 1 N–H and O–H groups in total. The van der Waals surface area contributed by atoms with Gasteiger partial charge in [-0.3, -0.25) is 4.79 Å². The molecule has 0 bridgehead atoms. The van der Waals surface area contributed by atoms with Gasteiger partial charge in [-0.15, -0.1) is 0 Å². The molecule has 1 aliphatic rings. The normalized spacial score (nSPS) is 15.6. The van der Waals surface area contributed by atoms with E-state index in [4.69, 9.17) is 11.6 Å². The van der Waals surface area contributed by atoms with Gasteiger partial charge < -0.3 is 10.0 Å². The first-order valence-corrected chi connectivity index (χ1v) is 5.73. The molecular formula is C12H14ClNO2. The van der Waals surface area contributed by atoms with Gasteiger partial charge in [0.2, 0.25) is 0 Å². The Hall–Kier alpha value is -1.22. The van der Waals surface area contributed by atoms with E-state index in [1.807, 2.05) is 0 Å². The molecule has 16 heavy (non-hydrogen) atoms. The first kappa shape index (κ1) is 11.3. The van der Waals surface area contributed by atoms with Crippen molar-refractivity contribution in [3.8, 4) is 5.75 Å². The Morgan fingerprint density at radius 3 is 2.69 bits per heavy atom. The van der Waals surface area contributed by atoms with Crippen LogP contribution in [0.25, 0.3) is 0 Å². The molecular weight excluding hydrogens is 226 g/mol. The van der Waals surface area contributed by atoms with Gasteiger partial charge in [0.1, 0.15) is 5.75 Å². The minimum atomic E-state index is -0.140. The predicted molar refractivity (Wildman–Crippen MR) is 62.8 cm³/mol. The highest BCUT2D eigenvalue weighted by Crippen LogP contribution is 2.28. The first-order valence-electron chi connectivity index (χ1n) is 5.35. The van der Waals surface area contributed by atoms with Crippen LogP contribution in [-0.2, 0) is 0 Å². The van der Waals surface area contributed by atoms with E-state index in [2.05, 4.69) is 0 Å². The summed E-state index contributed by atoms with van der Waals surface area (Å²) in [5, 5.41) is 10.1. The minimum absolute atomic E-state index is 0.0522. The molecule has 0 spiro atoms. The molecule has 0 aromatic heterocycles. The zero-order valence-corrected chi connectivity index (χ0v) is 9.87. The molecule has 0 heterocycles. The number of hydrogen-bond donors (Lipinski definition) is 1. The number of carbonyl (C=O) groups excluding carboxylic acids is 1. The maximum atomic E-state index is 12.0. The van der Waals surface area contributed by atoms with Gasteiger partial charge in [0.25, 0.3) is 5.91 Å². The highest BCUT2D eigenvalue weighted by Gasteiger charge is 2.27. The lowest BCUT2D eigenvalue weighted by Gasteiger charge is -2.34. The van der Waals surface area contributed by atoms with E-state index >= 15 is 0 Å². The molecule has 1 aliphatic carbocycles. The fourth-order valence-corrected chi connectivity index (χ4v) is 1.98. The van der Waals surface area contributed by atoms with Crippen molar-refractivity contribution in [1.82, 2.24) is 4.90 Å². The van der Waals surface area contributed by atoms with Gasteiger partial charge >= 0.3 is 0 Å². The Balaban J connectivity index is 2.19. The minimum Gasteiger partial charge on any atom is -0.507 e. The van der Waals surface area contributed by atoms with Crippen molar-refractivity contribution in [1.29, 1.82) is 0 Å². The molecule has 0 aliphatic heterocycles. The first-order chi connectivity index (χ1) is 7.59. The molecule has 1 amide bonds. The Labute approximate surface area is 99.6 Å².